The quantitative estimate of drug-likeness (QED) is 0.639. The zero-order chi connectivity index (χ0) is 7.61. The van der Waals surface area contributed by atoms with Gasteiger partial charge in [-0.25, -0.2) is 0 Å². The molecule has 1 atom stereocenters. The monoisotopic (exact) mass is 144 g/mol. The highest BCUT2D eigenvalue weighted by Crippen LogP contribution is 2.51. The van der Waals surface area contributed by atoms with E-state index in [-0.39, 0.29) is 5.41 Å². The van der Waals surface area contributed by atoms with Crippen LogP contribution in [0.2, 0.25) is 0 Å². The standard InChI is InChI=1S/C8H16O2/c1-7(5-10-2)8(6-9)3-4-8/h7,9H,3-6H2,1-2H3. The molecule has 1 aliphatic rings. The van der Waals surface area contributed by atoms with Crippen LogP contribution in [0, 0.1) is 11.3 Å². The molecule has 1 unspecified atom stereocenters. The fourth-order valence-electron chi connectivity index (χ4n) is 1.39. The largest absolute Gasteiger partial charge is 0.396 e. The molecule has 0 saturated heterocycles. The second kappa shape index (κ2) is 2.89. The third-order valence-corrected chi connectivity index (χ3v) is 2.67. The maximum Gasteiger partial charge on any atom is 0.0494 e. The second-order valence-corrected chi connectivity index (χ2v) is 3.38. The maximum atomic E-state index is 9.00. The van der Waals surface area contributed by atoms with E-state index in [1.807, 2.05) is 0 Å². The number of rotatable bonds is 4. The fraction of sp³-hybridized carbons (Fsp3) is 1.00. The lowest BCUT2D eigenvalue weighted by atomic mass is 9.92. The fourth-order valence-corrected chi connectivity index (χ4v) is 1.39. The Morgan fingerprint density at radius 2 is 2.20 bits per heavy atom. The van der Waals surface area contributed by atoms with Crippen molar-refractivity contribution < 1.29 is 9.84 Å². The van der Waals surface area contributed by atoms with Crippen molar-refractivity contribution in [1.29, 1.82) is 0 Å². The average molecular weight is 144 g/mol. The minimum atomic E-state index is 0.232. The summed E-state index contributed by atoms with van der Waals surface area (Å²) in [5.41, 5.74) is 0.232. The molecule has 0 aromatic rings. The molecule has 1 fully saturated rings. The van der Waals surface area contributed by atoms with E-state index in [4.69, 9.17) is 9.84 Å². The van der Waals surface area contributed by atoms with E-state index in [0.29, 0.717) is 12.5 Å². The SMILES string of the molecule is COCC(C)C1(CO)CC1. The van der Waals surface area contributed by atoms with E-state index < -0.39 is 0 Å². The van der Waals surface area contributed by atoms with Crippen molar-refractivity contribution in [2.24, 2.45) is 11.3 Å². The molecule has 0 aromatic heterocycles. The zero-order valence-electron chi connectivity index (χ0n) is 6.76. The molecule has 0 amide bonds. The van der Waals surface area contributed by atoms with Gasteiger partial charge in [-0.1, -0.05) is 6.92 Å². The van der Waals surface area contributed by atoms with Crippen molar-refractivity contribution >= 4 is 0 Å². The van der Waals surface area contributed by atoms with Gasteiger partial charge in [0.15, 0.2) is 0 Å². The topological polar surface area (TPSA) is 29.5 Å². The molecule has 10 heavy (non-hydrogen) atoms. The number of ether oxygens (including phenoxy) is 1. The molecule has 2 heteroatoms. The summed E-state index contributed by atoms with van der Waals surface area (Å²) in [6.07, 6.45) is 2.35. The molecular formula is C8H16O2. The minimum Gasteiger partial charge on any atom is -0.396 e. The molecule has 0 bridgehead atoms. The molecule has 0 spiro atoms. The molecule has 0 aromatic carbocycles. The molecule has 1 N–H and O–H groups in total. The van der Waals surface area contributed by atoms with Gasteiger partial charge in [0.05, 0.1) is 0 Å². The van der Waals surface area contributed by atoms with E-state index >= 15 is 0 Å². The first-order valence-corrected chi connectivity index (χ1v) is 3.85. The number of methoxy groups -OCH3 is 1. The van der Waals surface area contributed by atoms with Gasteiger partial charge in [-0.2, -0.15) is 0 Å². The smallest absolute Gasteiger partial charge is 0.0494 e. The van der Waals surface area contributed by atoms with Crippen molar-refractivity contribution in [2.45, 2.75) is 19.8 Å². The van der Waals surface area contributed by atoms with E-state index in [1.165, 1.54) is 12.8 Å². The van der Waals surface area contributed by atoms with Gasteiger partial charge in [-0.05, 0) is 24.2 Å². The predicted molar refractivity (Wildman–Crippen MR) is 39.8 cm³/mol. The Morgan fingerprint density at radius 3 is 2.50 bits per heavy atom. The summed E-state index contributed by atoms with van der Waals surface area (Å²) in [6.45, 7) is 3.25. The van der Waals surface area contributed by atoms with Crippen molar-refractivity contribution in [3.63, 3.8) is 0 Å². The van der Waals surface area contributed by atoms with Gasteiger partial charge in [0.2, 0.25) is 0 Å². The Labute approximate surface area is 62.2 Å². The van der Waals surface area contributed by atoms with Gasteiger partial charge in [0, 0.05) is 20.3 Å². The molecular weight excluding hydrogens is 128 g/mol. The summed E-state index contributed by atoms with van der Waals surface area (Å²) in [7, 11) is 1.71. The highest BCUT2D eigenvalue weighted by molar-refractivity contribution is 4.96. The lowest BCUT2D eigenvalue weighted by molar-refractivity contribution is 0.0859. The molecule has 1 saturated carbocycles. The zero-order valence-corrected chi connectivity index (χ0v) is 6.76. The van der Waals surface area contributed by atoms with Crippen LogP contribution in [0.4, 0.5) is 0 Å². The molecule has 60 valence electrons. The predicted octanol–water partition coefficient (Wildman–Crippen LogP) is 1.04. The van der Waals surface area contributed by atoms with Crippen molar-refractivity contribution in [2.75, 3.05) is 20.3 Å². The summed E-state index contributed by atoms with van der Waals surface area (Å²) >= 11 is 0. The van der Waals surface area contributed by atoms with E-state index in [0.717, 1.165) is 6.61 Å². The van der Waals surface area contributed by atoms with Gasteiger partial charge in [-0.15, -0.1) is 0 Å². The Kier molecular flexibility index (Phi) is 2.32. The van der Waals surface area contributed by atoms with Crippen LogP contribution in [-0.4, -0.2) is 25.4 Å². The maximum absolute atomic E-state index is 9.00. The van der Waals surface area contributed by atoms with E-state index in [1.54, 1.807) is 7.11 Å². The number of aliphatic hydroxyl groups excluding tert-OH is 1. The Bertz CT molecular complexity index is 108. The first-order valence-electron chi connectivity index (χ1n) is 3.85. The van der Waals surface area contributed by atoms with Crippen molar-refractivity contribution in [1.82, 2.24) is 0 Å². The van der Waals surface area contributed by atoms with Crippen LogP contribution in [0.5, 0.6) is 0 Å². The summed E-state index contributed by atoms with van der Waals surface area (Å²) in [5, 5.41) is 9.00. The summed E-state index contributed by atoms with van der Waals surface area (Å²) in [5.74, 6) is 0.516. The van der Waals surface area contributed by atoms with Crippen molar-refractivity contribution in [3.05, 3.63) is 0 Å². The first kappa shape index (κ1) is 8.02. The highest BCUT2D eigenvalue weighted by atomic mass is 16.5. The Morgan fingerprint density at radius 1 is 1.60 bits per heavy atom. The van der Waals surface area contributed by atoms with Gasteiger partial charge in [0.25, 0.3) is 0 Å². The molecule has 0 aliphatic heterocycles. The normalized spacial score (nSPS) is 24.3. The number of aliphatic hydroxyl groups is 1. The second-order valence-electron chi connectivity index (χ2n) is 3.38. The Balaban J connectivity index is 2.32. The first-order chi connectivity index (χ1) is 4.75. The Hall–Kier alpha value is -0.0800. The summed E-state index contributed by atoms with van der Waals surface area (Å²) in [4.78, 5) is 0. The van der Waals surface area contributed by atoms with Crippen LogP contribution in [0.1, 0.15) is 19.8 Å². The van der Waals surface area contributed by atoms with E-state index in [9.17, 15) is 0 Å². The van der Waals surface area contributed by atoms with Crippen LogP contribution in [0.3, 0.4) is 0 Å². The third-order valence-electron chi connectivity index (χ3n) is 2.67. The number of hydrogen-bond acceptors (Lipinski definition) is 2. The lowest BCUT2D eigenvalue weighted by Crippen LogP contribution is -2.21. The highest BCUT2D eigenvalue weighted by Gasteiger charge is 2.46. The summed E-state index contributed by atoms with van der Waals surface area (Å²) in [6, 6.07) is 0. The molecule has 0 heterocycles. The lowest BCUT2D eigenvalue weighted by Gasteiger charge is -2.19. The van der Waals surface area contributed by atoms with Gasteiger partial charge in [0.1, 0.15) is 0 Å². The van der Waals surface area contributed by atoms with Crippen molar-refractivity contribution in [3.8, 4) is 0 Å². The van der Waals surface area contributed by atoms with Crippen LogP contribution < -0.4 is 0 Å². The minimum absolute atomic E-state index is 0.232. The molecule has 1 aliphatic carbocycles. The van der Waals surface area contributed by atoms with Crippen LogP contribution >= 0.6 is 0 Å². The van der Waals surface area contributed by atoms with Crippen LogP contribution in [-0.2, 0) is 4.74 Å². The van der Waals surface area contributed by atoms with Crippen LogP contribution in [0.25, 0.3) is 0 Å². The van der Waals surface area contributed by atoms with Gasteiger partial charge in [-0.3, -0.25) is 0 Å². The molecule has 0 radical (unpaired) electrons. The van der Waals surface area contributed by atoms with Crippen LogP contribution in [0.15, 0.2) is 0 Å². The molecule has 1 rings (SSSR count). The van der Waals surface area contributed by atoms with E-state index in [2.05, 4.69) is 6.92 Å². The third kappa shape index (κ3) is 1.32. The molecule has 2 nitrogen and oxygen atoms in total. The van der Waals surface area contributed by atoms with Gasteiger partial charge < -0.3 is 9.84 Å². The number of hydrogen-bond donors (Lipinski definition) is 1. The van der Waals surface area contributed by atoms with Gasteiger partial charge >= 0.3 is 0 Å². The average Bonchev–Trinajstić information content (AvgIpc) is 2.68. The summed E-state index contributed by atoms with van der Waals surface area (Å²) < 4.78 is 5.02.